The van der Waals surface area contributed by atoms with Crippen LogP contribution in [-0.2, 0) is 0 Å². The average Bonchev–Trinajstić information content (AvgIpc) is 2.33. The van der Waals surface area contributed by atoms with Crippen molar-refractivity contribution in [1.82, 2.24) is 0 Å². The second-order valence-electron chi connectivity index (χ2n) is 5.30. The summed E-state index contributed by atoms with van der Waals surface area (Å²) < 4.78 is 6.59. The first-order chi connectivity index (χ1) is 8.67. The fraction of sp³-hybridized carbons (Fsp3) is 0.625. The molecule has 0 spiro atoms. The van der Waals surface area contributed by atoms with Crippen LogP contribution in [0.3, 0.4) is 0 Å². The van der Waals surface area contributed by atoms with Crippen LogP contribution in [0.15, 0.2) is 24.3 Å². The summed E-state index contributed by atoms with van der Waals surface area (Å²) in [5, 5.41) is 0. The maximum Gasteiger partial charge on any atom is 0.251 e. The zero-order chi connectivity index (χ0) is 13.4. The van der Waals surface area contributed by atoms with Gasteiger partial charge in [0.25, 0.3) is 8.32 Å². The van der Waals surface area contributed by atoms with Gasteiger partial charge in [-0.3, -0.25) is 0 Å². The first kappa shape index (κ1) is 15.3. The topological polar surface area (TPSA) is 9.23 Å². The minimum Gasteiger partial charge on any atom is -0.543 e. The van der Waals surface area contributed by atoms with Crippen molar-refractivity contribution in [2.24, 2.45) is 0 Å². The third-order valence-electron chi connectivity index (χ3n) is 3.54. The highest BCUT2D eigenvalue weighted by molar-refractivity contribution is 6.74. The number of rotatable bonds is 8. The van der Waals surface area contributed by atoms with Gasteiger partial charge in [-0.25, -0.2) is 0 Å². The van der Waals surface area contributed by atoms with Gasteiger partial charge in [0.05, 0.1) is 0 Å². The van der Waals surface area contributed by atoms with Crippen LogP contribution >= 0.6 is 0 Å². The summed E-state index contributed by atoms with van der Waals surface area (Å²) in [5.41, 5.74) is 1.28. The maximum atomic E-state index is 6.59. The summed E-state index contributed by atoms with van der Waals surface area (Å²) in [7, 11) is -1.57. The van der Waals surface area contributed by atoms with E-state index in [-0.39, 0.29) is 0 Å². The Morgan fingerprint density at radius 2 is 1.39 bits per heavy atom. The van der Waals surface area contributed by atoms with Crippen molar-refractivity contribution in [1.29, 1.82) is 0 Å². The van der Waals surface area contributed by atoms with Crippen molar-refractivity contribution in [3.05, 3.63) is 29.8 Å². The van der Waals surface area contributed by atoms with E-state index in [1.165, 1.54) is 43.0 Å². The van der Waals surface area contributed by atoms with Crippen LogP contribution in [0.5, 0.6) is 5.75 Å². The molecule has 0 aliphatic rings. The van der Waals surface area contributed by atoms with Gasteiger partial charge < -0.3 is 4.43 Å². The van der Waals surface area contributed by atoms with Gasteiger partial charge in [-0.2, -0.15) is 0 Å². The zero-order valence-electron chi connectivity index (χ0n) is 12.5. The molecular weight excluding hydrogens is 236 g/mol. The third kappa shape index (κ3) is 4.16. The number of aryl methyl sites for hydroxylation is 1. The molecule has 0 saturated carbocycles. The van der Waals surface area contributed by atoms with Crippen LogP contribution < -0.4 is 4.43 Å². The molecule has 0 radical (unpaired) electrons. The van der Waals surface area contributed by atoms with Crippen molar-refractivity contribution in [2.45, 2.75) is 65.1 Å². The Kier molecular flexibility index (Phi) is 6.48. The Labute approximate surface area is 114 Å². The van der Waals surface area contributed by atoms with E-state index in [9.17, 15) is 0 Å². The fourth-order valence-corrected chi connectivity index (χ4v) is 7.28. The smallest absolute Gasteiger partial charge is 0.251 e. The monoisotopic (exact) mass is 264 g/mol. The molecule has 1 nitrogen and oxygen atoms in total. The normalized spacial score (nSPS) is 11.6. The van der Waals surface area contributed by atoms with Crippen LogP contribution in [0.25, 0.3) is 0 Å². The molecule has 0 bridgehead atoms. The van der Waals surface area contributed by atoms with E-state index < -0.39 is 8.32 Å². The molecule has 0 atom stereocenters. The third-order valence-corrected chi connectivity index (χ3v) is 8.42. The van der Waals surface area contributed by atoms with Gasteiger partial charge in [0, 0.05) is 0 Å². The van der Waals surface area contributed by atoms with E-state index in [2.05, 4.69) is 52.0 Å². The van der Waals surface area contributed by atoms with E-state index in [1.54, 1.807) is 0 Å². The summed E-state index contributed by atoms with van der Waals surface area (Å²) in [6, 6.07) is 12.3. The van der Waals surface area contributed by atoms with Crippen molar-refractivity contribution in [2.75, 3.05) is 0 Å². The predicted octanol–water partition coefficient (Wildman–Crippen LogP) is 5.55. The van der Waals surface area contributed by atoms with Gasteiger partial charge in [-0.15, -0.1) is 0 Å². The first-order valence-electron chi connectivity index (χ1n) is 7.42. The van der Waals surface area contributed by atoms with Crippen LogP contribution in [0.4, 0.5) is 0 Å². The van der Waals surface area contributed by atoms with Crippen LogP contribution in [0.2, 0.25) is 18.1 Å². The van der Waals surface area contributed by atoms with E-state index in [1.807, 2.05) is 0 Å². The lowest BCUT2D eigenvalue weighted by molar-refractivity contribution is 0.515. The molecule has 0 aliphatic heterocycles. The van der Waals surface area contributed by atoms with E-state index >= 15 is 0 Å². The van der Waals surface area contributed by atoms with Crippen molar-refractivity contribution >= 4 is 8.32 Å². The molecule has 18 heavy (non-hydrogen) atoms. The molecule has 1 aromatic rings. The van der Waals surface area contributed by atoms with E-state index in [0.29, 0.717) is 0 Å². The lowest BCUT2D eigenvalue weighted by Gasteiger charge is -2.32. The molecule has 102 valence electrons. The lowest BCUT2D eigenvalue weighted by Crippen LogP contribution is -2.41. The highest BCUT2D eigenvalue weighted by atomic mass is 28.4. The van der Waals surface area contributed by atoms with E-state index in [0.717, 1.165) is 5.75 Å². The predicted molar refractivity (Wildman–Crippen MR) is 82.9 cm³/mol. The highest BCUT2D eigenvalue weighted by Gasteiger charge is 2.34. The molecule has 0 heterocycles. The first-order valence-corrected chi connectivity index (χ1v) is 9.95. The summed E-state index contributed by atoms with van der Waals surface area (Å²) in [6.45, 7) is 9.01. The quantitative estimate of drug-likeness (QED) is 0.559. The van der Waals surface area contributed by atoms with Gasteiger partial charge in [0.2, 0.25) is 0 Å². The Morgan fingerprint density at radius 1 is 0.889 bits per heavy atom. The summed E-state index contributed by atoms with van der Waals surface area (Å²) >= 11 is 0. The molecule has 0 aromatic heterocycles. The van der Waals surface area contributed by atoms with E-state index in [4.69, 9.17) is 4.43 Å². The van der Waals surface area contributed by atoms with Crippen LogP contribution in [0, 0.1) is 6.92 Å². The molecule has 0 saturated heterocycles. The molecule has 0 unspecified atom stereocenters. The molecule has 0 fully saturated rings. The summed E-state index contributed by atoms with van der Waals surface area (Å²) in [5.74, 6) is 1.12. The number of para-hydroxylation sites is 1. The SMILES string of the molecule is CCC[Si](CCC)(CCC)Oc1ccccc1C. The van der Waals surface area contributed by atoms with Crippen molar-refractivity contribution in [3.8, 4) is 5.75 Å². The average molecular weight is 264 g/mol. The molecular formula is C16H28OSi. The summed E-state index contributed by atoms with van der Waals surface area (Å²) in [4.78, 5) is 0. The lowest BCUT2D eigenvalue weighted by atomic mass is 10.2. The largest absolute Gasteiger partial charge is 0.543 e. The van der Waals surface area contributed by atoms with Crippen LogP contribution in [-0.4, -0.2) is 8.32 Å². The highest BCUT2D eigenvalue weighted by Crippen LogP contribution is 2.31. The standard InChI is InChI=1S/C16H28OSi/c1-5-12-18(13-6-2,14-7-3)17-16-11-9-8-10-15(16)4/h8-11H,5-7,12-14H2,1-4H3. The molecule has 0 amide bonds. The fourth-order valence-electron chi connectivity index (χ4n) is 2.80. The van der Waals surface area contributed by atoms with Crippen molar-refractivity contribution in [3.63, 3.8) is 0 Å². The van der Waals surface area contributed by atoms with Gasteiger partial charge in [0.15, 0.2) is 0 Å². The van der Waals surface area contributed by atoms with Crippen molar-refractivity contribution < 1.29 is 4.43 Å². The Bertz CT molecular complexity index is 332. The molecule has 0 aliphatic carbocycles. The Hall–Kier alpha value is -0.763. The molecule has 1 aromatic carbocycles. The van der Waals surface area contributed by atoms with Gasteiger partial charge in [-0.1, -0.05) is 58.2 Å². The van der Waals surface area contributed by atoms with Gasteiger partial charge in [-0.05, 0) is 36.7 Å². The van der Waals surface area contributed by atoms with Gasteiger partial charge in [0.1, 0.15) is 5.75 Å². The number of hydrogen-bond acceptors (Lipinski definition) is 1. The van der Waals surface area contributed by atoms with Crippen LogP contribution in [0.1, 0.15) is 45.6 Å². The second kappa shape index (κ2) is 7.62. The van der Waals surface area contributed by atoms with Gasteiger partial charge >= 0.3 is 0 Å². The molecule has 1 rings (SSSR count). The minimum absolute atomic E-state index is 1.12. The summed E-state index contributed by atoms with van der Waals surface area (Å²) in [6.07, 6.45) is 3.74. The zero-order valence-corrected chi connectivity index (χ0v) is 13.5. The number of hydrogen-bond donors (Lipinski definition) is 0. The molecule has 0 N–H and O–H groups in total. The Balaban J connectivity index is 2.91. The minimum atomic E-state index is -1.57. The number of benzene rings is 1. The Morgan fingerprint density at radius 3 is 1.83 bits per heavy atom. The molecule has 2 heteroatoms. The second-order valence-corrected chi connectivity index (χ2v) is 9.37. The maximum absolute atomic E-state index is 6.59.